The molecule has 0 aromatic heterocycles. The SMILES string of the molecule is C/C(=N/Nc1cccc2c1CCCC2)C(=O)O. The molecule has 2 N–H and O–H groups in total. The molecule has 1 aromatic rings. The first-order valence-corrected chi connectivity index (χ1v) is 5.83. The molecule has 0 saturated carbocycles. The minimum Gasteiger partial charge on any atom is -0.477 e. The molecule has 1 aliphatic rings. The molecule has 0 aliphatic heterocycles. The summed E-state index contributed by atoms with van der Waals surface area (Å²) in [4.78, 5) is 10.6. The molecular formula is C13H16N2O2. The summed E-state index contributed by atoms with van der Waals surface area (Å²) < 4.78 is 0. The number of nitrogens with one attached hydrogen (secondary N) is 1. The molecule has 0 unspecified atom stereocenters. The fraction of sp³-hybridized carbons (Fsp3) is 0.385. The standard InChI is InChI=1S/C13H16N2O2/c1-9(13(16)17)14-15-12-8-4-6-10-5-2-3-7-11(10)12/h4,6,8,15H,2-3,5,7H2,1H3,(H,16,17)/b14-9-. The zero-order valence-electron chi connectivity index (χ0n) is 9.86. The number of hydrazone groups is 1. The van der Waals surface area contributed by atoms with Crippen LogP contribution in [0.2, 0.25) is 0 Å². The van der Waals surface area contributed by atoms with E-state index >= 15 is 0 Å². The Morgan fingerprint density at radius 3 is 2.88 bits per heavy atom. The van der Waals surface area contributed by atoms with Crippen molar-refractivity contribution in [2.45, 2.75) is 32.6 Å². The Morgan fingerprint density at radius 2 is 2.12 bits per heavy atom. The van der Waals surface area contributed by atoms with Crippen LogP contribution in [-0.4, -0.2) is 16.8 Å². The lowest BCUT2D eigenvalue weighted by Crippen LogP contribution is -2.11. The topological polar surface area (TPSA) is 61.7 Å². The highest BCUT2D eigenvalue weighted by molar-refractivity contribution is 6.34. The van der Waals surface area contributed by atoms with Gasteiger partial charge in [-0.05, 0) is 49.8 Å². The molecule has 0 radical (unpaired) electrons. The second kappa shape index (κ2) is 4.99. The fourth-order valence-electron chi connectivity index (χ4n) is 2.08. The van der Waals surface area contributed by atoms with E-state index in [4.69, 9.17) is 5.11 Å². The third-order valence-electron chi connectivity index (χ3n) is 3.05. The quantitative estimate of drug-likeness (QED) is 0.621. The molecule has 4 nitrogen and oxygen atoms in total. The largest absolute Gasteiger partial charge is 0.477 e. The monoisotopic (exact) mass is 232 g/mol. The second-order valence-corrected chi connectivity index (χ2v) is 4.26. The number of hydrogen-bond acceptors (Lipinski definition) is 3. The van der Waals surface area contributed by atoms with Crippen LogP contribution in [0.25, 0.3) is 0 Å². The smallest absolute Gasteiger partial charge is 0.351 e. The molecule has 2 rings (SSSR count). The van der Waals surface area contributed by atoms with E-state index in [1.807, 2.05) is 12.1 Å². The zero-order chi connectivity index (χ0) is 12.3. The van der Waals surface area contributed by atoms with E-state index in [1.165, 1.54) is 30.9 Å². The van der Waals surface area contributed by atoms with Crippen molar-refractivity contribution in [1.82, 2.24) is 0 Å². The van der Waals surface area contributed by atoms with Crippen LogP contribution in [-0.2, 0) is 17.6 Å². The van der Waals surface area contributed by atoms with Crippen molar-refractivity contribution < 1.29 is 9.90 Å². The van der Waals surface area contributed by atoms with E-state index in [-0.39, 0.29) is 5.71 Å². The molecule has 0 bridgehead atoms. The summed E-state index contributed by atoms with van der Waals surface area (Å²) in [5.74, 6) is -0.998. The Bertz CT molecular complexity index is 466. The maximum Gasteiger partial charge on any atom is 0.351 e. The van der Waals surface area contributed by atoms with E-state index in [2.05, 4.69) is 16.6 Å². The first kappa shape index (κ1) is 11.6. The summed E-state index contributed by atoms with van der Waals surface area (Å²) in [6.07, 6.45) is 4.56. The summed E-state index contributed by atoms with van der Waals surface area (Å²) >= 11 is 0. The number of hydrogen-bond donors (Lipinski definition) is 2. The maximum absolute atomic E-state index is 10.6. The molecule has 1 aliphatic carbocycles. The number of carboxylic acid groups (broad SMARTS) is 1. The van der Waals surface area contributed by atoms with Crippen LogP contribution in [0.3, 0.4) is 0 Å². The molecular weight excluding hydrogens is 216 g/mol. The Morgan fingerprint density at radius 1 is 1.35 bits per heavy atom. The van der Waals surface area contributed by atoms with E-state index < -0.39 is 5.97 Å². The zero-order valence-corrected chi connectivity index (χ0v) is 9.86. The number of aliphatic carboxylic acids is 1. The van der Waals surface area contributed by atoms with E-state index in [0.717, 1.165) is 18.5 Å². The first-order valence-electron chi connectivity index (χ1n) is 5.83. The third-order valence-corrected chi connectivity index (χ3v) is 3.05. The van der Waals surface area contributed by atoms with Gasteiger partial charge in [0.2, 0.25) is 0 Å². The highest BCUT2D eigenvalue weighted by atomic mass is 16.4. The van der Waals surface area contributed by atoms with Crippen LogP contribution in [0.15, 0.2) is 23.3 Å². The average Bonchev–Trinajstić information content (AvgIpc) is 2.35. The van der Waals surface area contributed by atoms with Gasteiger partial charge in [-0.15, -0.1) is 0 Å². The van der Waals surface area contributed by atoms with Crippen molar-refractivity contribution in [3.05, 3.63) is 29.3 Å². The molecule has 0 atom stereocenters. The number of nitrogens with zero attached hydrogens (tertiary/aromatic N) is 1. The Labute approximate surface area is 100 Å². The van der Waals surface area contributed by atoms with Crippen molar-refractivity contribution >= 4 is 17.4 Å². The van der Waals surface area contributed by atoms with Crippen molar-refractivity contribution in [3.8, 4) is 0 Å². The number of anilines is 1. The Hall–Kier alpha value is -1.84. The minimum absolute atomic E-state index is 0.0680. The Kier molecular flexibility index (Phi) is 3.42. The van der Waals surface area contributed by atoms with Gasteiger partial charge in [0, 0.05) is 0 Å². The Balaban J connectivity index is 2.22. The van der Waals surface area contributed by atoms with E-state index in [0.29, 0.717) is 0 Å². The summed E-state index contributed by atoms with van der Waals surface area (Å²) in [7, 11) is 0. The van der Waals surface area contributed by atoms with E-state index in [1.54, 1.807) is 0 Å². The normalized spacial score (nSPS) is 15.2. The number of benzene rings is 1. The molecule has 0 amide bonds. The van der Waals surface area contributed by atoms with Gasteiger partial charge in [0.1, 0.15) is 5.71 Å². The first-order chi connectivity index (χ1) is 8.18. The summed E-state index contributed by atoms with van der Waals surface area (Å²) in [6, 6.07) is 6.06. The highest BCUT2D eigenvalue weighted by Crippen LogP contribution is 2.27. The van der Waals surface area contributed by atoms with Gasteiger partial charge in [0.15, 0.2) is 0 Å². The molecule has 0 heterocycles. The van der Waals surface area contributed by atoms with Gasteiger partial charge in [0.25, 0.3) is 0 Å². The van der Waals surface area contributed by atoms with Gasteiger partial charge in [0.05, 0.1) is 5.69 Å². The number of carbonyl (C=O) groups is 1. The van der Waals surface area contributed by atoms with Crippen molar-refractivity contribution in [2.75, 3.05) is 5.43 Å². The van der Waals surface area contributed by atoms with Crippen LogP contribution in [0, 0.1) is 0 Å². The molecule has 0 saturated heterocycles. The maximum atomic E-state index is 10.6. The predicted molar refractivity (Wildman–Crippen MR) is 67.5 cm³/mol. The van der Waals surface area contributed by atoms with Gasteiger partial charge in [-0.1, -0.05) is 12.1 Å². The summed E-state index contributed by atoms with van der Waals surface area (Å²) in [5, 5.41) is 12.6. The van der Waals surface area contributed by atoms with Gasteiger partial charge in [-0.25, -0.2) is 4.79 Å². The molecule has 90 valence electrons. The lowest BCUT2D eigenvalue weighted by molar-refractivity contribution is -0.129. The van der Waals surface area contributed by atoms with Crippen molar-refractivity contribution in [1.29, 1.82) is 0 Å². The van der Waals surface area contributed by atoms with Crippen molar-refractivity contribution in [3.63, 3.8) is 0 Å². The number of carboxylic acids is 1. The fourth-order valence-corrected chi connectivity index (χ4v) is 2.08. The van der Waals surface area contributed by atoms with Crippen LogP contribution < -0.4 is 5.43 Å². The number of fused-ring (bicyclic) bond motifs is 1. The summed E-state index contributed by atoms with van der Waals surface area (Å²) in [5.41, 5.74) is 6.49. The molecule has 17 heavy (non-hydrogen) atoms. The lowest BCUT2D eigenvalue weighted by Gasteiger charge is -2.18. The van der Waals surface area contributed by atoms with Crippen LogP contribution >= 0.6 is 0 Å². The molecule has 0 fully saturated rings. The van der Waals surface area contributed by atoms with Crippen molar-refractivity contribution in [2.24, 2.45) is 5.10 Å². The van der Waals surface area contributed by atoms with Gasteiger partial charge in [-0.2, -0.15) is 5.10 Å². The van der Waals surface area contributed by atoms with Gasteiger partial charge >= 0.3 is 5.97 Å². The lowest BCUT2D eigenvalue weighted by atomic mass is 9.91. The second-order valence-electron chi connectivity index (χ2n) is 4.26. The number of aryl methyl sites for hydroxylation is 1. The van der Waals surface area contributed by atoms with Crippen LogP contribution in [0.1, 0.15) is 30.9 Å². The van der Waals surface area contributed by atoms with E-state index in [9.17, 15) is 4.79 Å². The molecule has 0 spiro atoms. The predicted octanol–water partition coefficient (Wildman–Crippen LogP) is 2.44. The van der Waals surface area contributed by atoms with Gasteiger partial charge in [-0.3, -0.25) is 5.43 Å². The number of rotatable bonds is 3. The van der Waals surface area contributed by atoms with Crippen LogP contribution in [0.4, 0.5) is 5.69 Å². The highest BCUT2D eigenvalue weighted by Gasteiger charge is 2.12. The van der Waals surface area contributed by atoms with Crippen LogP contribution in [0.5, 0.6) is 0 Å². The minimum atomic E-state index is -0.998. The average molecular weight is 232 g/mol. The molecule has 1 aromatic carbocycles. The molecule has 4 heteroatoms. The third kappa shape index (κ3) is 2.64. The van der Waals surface area contributed by atoms with Gasteiger partial charge < -0.3 is 5.11 Å². The summed E-state index contributed by atoms with van der Waals surface area (Å²) in [6.45, 7) is 1.48.